The number of carbonyl (C=O) groups is 1. The van der Waals surface area contributed by atoms with Gasteiger partial charge in [-0.05, 0) is 44.0 Å². The summed E-state index contributed by atoms with van der Waals surface area (Å²) in [5.74, 6) is 0.560. The molecule has 1 fully saturated rings. The van der Waals surface area contributed by atoms with E-state index in [2.05, 4.69) is 0 Å². The molecule has 0 atom stereocenters. The number of hydrogen-bond donors (Lipinski definition) is 0. The number of hydrogen-bond acceptors (Lipinski definition) is 5. The Kier molecular flexibility index (Phi) is 7.66. The molecule has 7 nitrogen and oxygen atoms in total. The summed E-state index contributed by atoms with van der Waals surface area (Å²) in [5, 5.41) is 0. The summed E-state index contributed by atoms with van der Waals surface area (Å²) in [6.45, 7) is 1.56. The van der Waals surface area contributed by atoms with Gasteiger partial charge in [0, 0.05) is 19.2 Å². The fraction of sp³-hybridized carbons (Fsp3) is 0.458. The van der Waals surface area contributed by atoms with Crippen molar-refractivity contribution in [3.05, 3.63) is 48.0 Å². The van der Waals surface area contributed by atoms with Gasteiger partial charge in [0.2, 0.25) is 5.91 Å². The molecule has 0 aromatic heterocycles. The fourth-order valence-electron chi connectivity index (χ4n) is 4.04. The molecular formula is C24H32N2O5S. The third-order valence-corrected chi connectivity index (χ3v) is 7.83. The maximum atomic E-state index is 13.7. The van der Waals surface area contributed by atoms with E-state index in [1.807, 2.05) is 6.92 Å². The standard InChI is InChI=1S/C24H32N2O5S/c1-18-10-13-21(14-11-18)32(28,29)26(22-16-20(30-3)12-15-23(22)31-4)17-24(27)25(2)19-8-6-5-7-9-19/h10-16,19H,5-9,17H2,1-4H3. The summed E-state index contributed by atoms with van der Waals surface area (Å²) in [5.41, 5.74) is 1.21. The van der Waals surface area contributed by atoms with Crippen molar-refractivity contribution in [2.75, 3.05) is 32.1 Å². The van der Waals surface area contributed by atoms with Gasteiger partial charge in [0.15, 0.2) is 0 Å². The molecule has 0 bridgehead atoms. The zero-order chi connectivity index (χ0) is 23.3. The van der Waals surface area contributed by atoms with Gasteiger partial charge in [-0.2, -0.15) is 0 Å². The average molecular weight is 461 g/mol. The molecular weight excluding hydrogens is 428 g/mol. The van der Waals surface area contributed by atoms with E-state index in [1.54, 1.807) is 54.4 Å². The van der Waals surface area contributed by atoms with Crippen LogP contribution in [0, 0.1) is 6.92 Å². The van der Waals surface area contributed by atoms with Crippen molar-refractivity contribution in [2.24, 2.45) is 0 Å². The van der Waals surface area contributed by atoms with Crippen LogP contribution in [0.15, 0.2) is 47.4 Å². The molecule has 0 unspecified atom stereocenters. The van der Waals surface area contributed by atoms with Gasteiger partial charge >= 0.3 is 0 Å². The van der Waals surface area contributed by atoms with Gasteiger partial charge in [-0.1, -0.05) is 37.0 Å². The highest BCUT2D eigenvalue weighted by Crippen LogP contribution is 2.36. The van der Waals surface area contributed by atoms with Gasteiger partial charge < -0.3 is 14.4 Å². The van der Waals surface area contributed by atoms with Crippen LogP contribution >= 0.6 is 0 Å². The van der Waals surface area contributed by atoms with E-state index in [0.717, 1.165) is 35.6 Å². The Labute approximate surface area is 191 Å². The van der Waals surface area contributed by atoms with Crippen LogP contribution in [0.3, 0.4) is 0 Å². The van der Waals surface area contributed by atoms with Crippen LogP contribution in [0.5, 0.6) is 11.5 Å². The summed E-state index contributed by atoms with van der Waals surface area (Å²) in [7, 11) is 0.701. The third-order valence-electron chi connectivity index (χ3n) is 6.06. The maximum Gasteiger partial charge on any atom is 0.264 e. The minimum absolute atomic E-state index is 0.112. The number of sulfonamides is 1. The Bertz CT molecular complexity index is 1030. The highest BCUT2D eigenvalue weighted by Gasteiger charge is 2.32. The van der Waals surface area contributed by atoms with Crippen LogP contribution < -0.4 is 13.8 Å². The van der Waals surface area contributed by atoms with E-state index in [1.165, 1.54) is 20.6 Å². The van der Waals surface area contributed by atoms with Gasteiger partial charge in [0.25, 0.3) is 10.0 Å². The Balaban J connectivity index is 2.03. The first-order chi connectivity index (χ1) is 15.3. The number of ether oxygens (including phenoxy) is 2. The molecule has 2 aromatic carbocycles. The molecule has 1 amide bonds. The number of anilines is 1. The molecule has 0 radical (unpaired) electrons. The van der Waals surface area contributed by atoms with E-state index in [9.17, 15) is 13.2 Å². The molecule has 0 aliphatic heterocycles. The number of carbonyl (C=O) groups excluding carboxylic acids is 1. The van der Waals surface area contributed by atoms with Crippen LogP contribution in [0.2, 0.25) is 0 Å². The smallest absolute Gasteiger partial charge is 0.264 e. The van der Waals surface area contributed by atoms with Crippen LogP contribution in [0.1, 0.15) is 37.7 Å². The molecule has 8 heteroatoms. The lowest BCUT2D eigenvalue weighted by molar-refractivity contribution is -0.130. The Morgan fingerprint density at radius 3 is 2.25 bits per heavy atom. The highest BCUT2D eigenvalue weighted by molar-refractivity contribution is 7.92. The van der Waals surface area contributed by atoms with Gasteiger partial charge in [0.1, 0.15) is 18.0 Å². The largest absolute Gasteiger partial charge is 0.497 e. The Hall–Kier alpha value is -2.74. The molecule has 0 heterocycles. The number of aryl methyl sites for hydroxylation is 1. The lowest BCUT2D eigenvalue weighted by Crippen LogP contribution is -2.46. The Morgan fingerprint density at radius 1 is 1.00 bits per heavy atom. The molecule has 32 heavy (non-hydrogen) atoms. The van der Waals surface area contributed by atoms with E-state index in [-0.39, 0.29) is 29.1 Å². The molecule has 0 N–H and O–H groups in total. The molecule has 1 aliphatic carbocycles. The molecule has 0 spiro atoms. The minimum atomic E-state index is -4.04. The van der Waals surface area contributed by atoms with Crippen molar-refractivity contribution < 1.29 is 22.7 Å². The van der Waals surface area contributed by atoms with E-state index in [0.29, 0.717) is 11.5 Å². The van der Waals surface area contributed by atoms with Crippen LogP contribution in [-0.4, -0.2) is 53.1 Å². The summed E-state index contributed by atoms with van der Waals surface area (Å²) in [6, 6.07) is 11.6. The summed E-state index contributed by atoms with van der Waals surface area (Å²) in [6.07, 6.45) is 5.22. The van der Waals surface area contributed by atoms with Gasteiger partial charge in [-0.25, -0.2) is 8.42 Å². The summed E-state index contributed by atoms with van der Waals surface area (Å²) < 4.78 is 39.3. The van der Waals surface area contributed by atoms with Crippen molar-refractivity contribution in [2.45, 2.75) is 50.0 Å². The highest BCUT2D eigenvalue weighted by atomic mass is 32.2. The van der Waals surface area contributed by atoms with Crippen LogP contribution in [-0.2, 0) is 14.8 Å². The van der Waals surface area contributed by atoms with Crippen molar-refractivity contribution >= 4 is 21.6 Å². The van der Waals surface area contributed by atoms with E-state index >= 15 is 0 Å². The fourth-order valence-corrected chi connectivity index (χ4v) is 5.45. The third kappa shape index (κ3) is 5.18. The predicted molar refractivity (Wildman–Crippen MR) is 125 cm³/mol. The van der Waals surface area contributed by atoms with Crippen molar-refractivity contribution in [3.63, 3.8) is 0 Å². The summed E-state index contributed by atoms with van der Waals surface area (Å²) >= 11 is 0. The molecule has 174 valence electrons. The lowest BCUT2D eigenvalue weighted by atomic mass is 9.94. The number of nitrogens with zero attached hydrogens (tertiary/aromatic N) is 2. The SMILES string of the molecule is COc1ccc(OC)c(N(CC(=O)N(C)C2CCCCC2)S(=O)(=O)c2ccc(C)cc2)c1. The van der Waals surface area contributed by atoms with Crippen LogP contribution in [0.4, 0.5) is 5.69 Å². The quantitative estimate of drug-likeness (QED) is 0.595. The second-order valence-electron chi connectivity index (χ2n) is 8.16. The summed E-state index contributed by atoms with van der Waals surface area (Å²) in [4.78, 5) is 15.1. The molecule has 2 aromatic rings. The lowest BCUT2D eigenvalue weighted by Gasteiger charge is -2.33. The van der Waals surface area contributed by atoms with Gasteiger partial charge in [-0.3, -0.25) is 9.10 Å². The van der Waals surface area contributed by atoms with Crippen molar-refractivity contribution in [1.82, 2.24) is 4.90 Å². The first kappa shape index (κ1) is 23.9. The number of methoxy groups -OCH3 is 2. The number of likely N-dealkylation sites (N-methyl/N-ethyl adjacent to an activating group) is 1. The second kappa shape index (κ2) is 10.3. The second-order valence-corrected chi connectivity index (χ2v) is 10.0. The van der Waals surface area contributed by atoms with Crippen molar-refractivity contribution in [1.29, 1.82) is 0 Å². The molecule has 1 saturated carbocycles. The minimum Gasteiger partial charge on any atom is -0.497 e. The Morgan fingerprint density at radius 2 is 1.66 bits per heavy atom. The number of benzene rings is 2. The van der Waals surface area contributed by atoms with Crippen LogP contribution in [0.25, 0.3) is 0 Å². The number of rotatable bonds is 8. The van der Waals surface area contributed by atoms with Crippen molar-refractivity contribution in [3.8, 4) is 11.5 Å². The molecule has 0 saturated heterocycles. The van der Waals surface area contributed by atoms with E-state index < -0.39 is 10.0 Å². The normalized spacial score (nSPS) is 14.6. The molecule has 1 aliphatic rings. The van der Waals surface area contributed by atoms with E-state index in [4.69, 9.17) is 9.47 Å². The first-order valence-electron chi connectivity index (χ1n) is 10.8. The first-order valence-corrected chi connectivity index (χ1v) is 12.3. The maximum absolute atomic E-state index is 13.7. The predicted octanol–water partition coefficient (Wildman–Crippen LogP) is 4.00. The number of amides is 1. The zero-order valence-electron chi connectivity index (χ0n) is 19.2. The van der Waals surface area contributed by atoms with Gasteiger partial charge in [0.05, 0.1) is 24.8 Å². The topological polar surface area (TPSA) is 76.2 Å². The average Bonchev–Trinajstić information content (AvgIpc) is 2.82. The monoisotopic (exact) mass is 460 g/mol. The van der Waals surface area contributed by atoms with Gasteiger partial charge in [-0.15, -0.1) is 0 Å². The zero-order valence-corrected chi connectivity index (χ0v) is 20.0. The molecule has 3 rings (SSSR count).